The van der Waals surface area contributed by atoms with Crippen molar-refractivity contribution in [1.82, 2.24) is 16.0 Å². The van der Waals surface area contributed by atoms with Crippen molar-refractivity contribution in [3.8, 4) is 0 Å². The molecule has 0 saturated heterocycles. The van der Waals surface area contributed by atoms with Gasteiger partial charge < -0.3 is 4.52 Å². The summed E-state index contributed by atoms with van der Waals surface area (Å²) >= 11 is 0. The molecule has 0 spiro atoms. The predicted molar refractivity (Wildman–Crippen MR) is 72.0 cm³/mol. The van der Waals surface area contributed by atoms with E-state index in [1.54, 1.807) is 31.2 Å². The maximum atomic E-state index is 12.0. The Balaban J connectivity index is 2.02. The van der Waals surface area contributed by atoms with Crippen LogP contribution in [0.2, 0.25) is 0 Å². The highest BCUT2D eigenvalue weighted by molar-refractivity contribution is 6.00. The summed E-state index contributed by atoms with van der Waals surface area (Å²) in [7, 11) is 0. The van der Waals surface area contributed by atoms with E-state index in [1.165, 1.54) is 0 Å². The third-order valence-electron chi connectivity index (χ3n) is 2.82. The number of hydrazine groups is 1. The molecule has 0 saturated carbocycles. The first kappa shape index (κ1) is 13.8. The van der Waals surface area contributed by atoms with Crippen LogP contribution in [0.4, 0.5) is 0 Å². The maximum Gasteiger partial charge on any atom is 0.275 e. The maximum absolute atomic E-state index is 12.0. The van der Waals surface area contributed by atoms with Crippen molar-refractivity contribution in [3.05, 3.63) is 52.9 Å². The zero-order valence-corrected chi connectivity index (χ0v) is 11.3. The van der Waals surface area contributed by atoms with Gasteiger partial charge in [-0.2, -0.15) is 0 Å². The number of carbonyl (C=O) groups is 2. The molecule has 2 amide bonds. The van der Waals surface area contributed by atoms with Gasteiger partial charge in [0, 0.05) is 5.56 Å². The van der Waals surface area contributed by atoms with Crippen molar-refractivity contribution >= 4 is 11.8 Å². The number of aromatic nitrogens is 1. The van der Waals surface area contributed by atoms with Gasteiger partial charge in [0.05, 0.1) is 5.69 Å². The number of benzene rings is 1. The highest BCUT2D eigenvalue weighted by Crippen LogP contribution is 2.13. The topological polar surface area (TPSA) is 84.2 Å². The summed E-state index contributed by atoms with van der Waals surface area (Å²) in [5.74, 6) is -0.399. The monoisotopic (exact) mass is 273 g/mol. The summed E-state index contributed by atoms with van der Waals surface area (Å²) in [6.45, 7) is 3.52. The van der Waals surface area contributed by atoms with E-state index in [9.17, 15) is 9.59 Å². The van der Waals surface area contributed by atoms with Crippen LogP contribution in [-0.4, -0.2) is 17.0 Å². The third-order valence-corrected chi connectivity index (χ3v) is 2.82. The van der Waals surface area contributed by atoms with Gasteiger partial charge in [-0.15, -0.1) is 0 Å². The molecule has 1 aromatic carbocycles. The van der Waals surface area contributed by atoms with E-state index < -0.39 is 5.91 Å². The summed E-state index contributed by atoms with van der Waals surface area (Å²) in [5.41, 5.74) is 6.11. The number of hydrogen-bond donors (Lipinski definition) is 2. The molecular weight excluding hydrogens is 258 g/mol. The van der Waals surface area contributed by atoms with Gasteiger partial charge in [-0.25, -0.2) is 0 Å². The molecule has 0 aliphatic carbocycles. The predicted octanol–water partition coefficient (Wildman–Crippen LogP) is 1.62. The molecule has 1 aromatic heterocycles. The van der Waals surface area contributed by atoms with E-state index in [1.807, 2.05) is 13.0 Å². The van der Waals surface area contributed by atoms with Crippen LogP contribution in [0.5, 0.6) is 0 Å². The lowest BCUT2D eigenvalue weighted by molar-refractivity contribution is 0.0845. The Bertz CT molecular complexity index is 620. The van der Waals surface area contributed by atoms with Crippen LogP contribution in [0, 0.1) is 6.92 Å². The third kappa shape index (κ3) is 2.85. The normalized spacial score (nSPS) is 10.1. The Morgan fingerprint density at radius 1 is 1.15 bits per heavy atom. The lowest BCUT2D eigenvalue weighted by Crippen LogP contribution is -2.42. The van der Waals surface area contributed by atoms with Gasteiger partial charge >= 0.3 is 0 Å². The van der Waals surface area contributed by atoms with Crippen LogP contribution >= 0.6 is 0 Å². The molecule has 0 bridgehead atoms. The van der Waals surface area contributed by atoms with Crippen molar-refractivity contribution in [2.75, 3.05) is 0 Å². The minimum absolute atomic E-state index is 0.362. The summed E-state index contributed by atoms with van der Waals surface area (Å²) in [4.78, 5) is 23.8. The quantitative estimate of drug-likeness (QED) is 0.832. The van der Waals surface area contributed by atoms with Crippen molar-refractivity contribution in [3.63, 3.8) is 0 Å². The van der Waals surface area contributed by atoms with Crippen molar-refractivity contribution in [1.29, 1.82) is 0 Å². The first-order chi connectivity index (χ1) is 9.63. The highest BCUT2D eigenvalue weighted by atomic mass is 16.5. The van der Waals surface area contributed by atoms with Crippen LogP contribution in [-0.2, 0) is 6.42 Å². The summed E-state index contributed by atoms with van der Waals surface area (Å²) in [6, 6.07) is 8.61. The minimum Gasteiger partial charge on any atom is -0.361 e. The van der Waals surface area contributed by atoms with E-state index in [2.05, 4.69) is 16.0 Å². The lowest BCUT2D eigenvalue weighted by atomic mass is 10.1. The van der Waals surface area contributed by atoms with Crippen molar-refractivity contribution < 1.29 is 14.1 Å². The summed E-state index contributed by atoms with van der Waals surface area (Å²) in [5, 5.41) is 3.79. The average molecular weight is 273 g/mol. The number of nitrogens with zero attached hydrogens (tertiary/aromatic N) is 1. The van der Waals surface area contributed by atoms with Crippen LogP contribution in [0.3, 0.4) is 0 Å². The number of amides is 2. The molecular formula is C14H15N3O3. The number of aryl methyl sites for hydroxylation is 2. The minimum atomic E-state index is -0.440. The van der Waals surface area contributed by atoms with Crippen LogP contribution in [0.15, 0.2) is 34.9 Å². The Kier molecular flexibility index (Phi) is 4.14. The SMILES string of the molecule is CCc1noc(C)c1C(=O)NNC(=O)c1ccccc1. The molecule has 0 aliphatic rings. The molecule has 2 N–H and O–H groups in total. The number of rotatable bonds is 3. The fraction of sp³-hybridized carbons (Fsp3) is 0.214. The van der Waals surface area contributed by atoms with Crippen molar-refractivity contribution in [2.24, 2.45) is 0 Å². The molecule has 0 radical (unpaired) electrons. The number of hydrogen-bond acceptors (Lipinski definition) is 4. The number of carbonyl (C=O) groups excluding carboxylic acids is 2. The molecule has 0 fully saturated rings. The largest absolute Gasteiger partial charge is 0.361 e. The van der Waals surface area contributed by atoms with E-state index >= 15 is 0 Å². The first-order valence-corrected chi connectivity index (χ1v) is 6.24. The Labute approximate surface area is 116 Å². The molecule has 0 aliphatic heterocycles. The second kappa shape index (κ2) is 6.01. The zero-order chi connectivity index (χ0) is 14.5. The molecule has 6 heteroatoms. The molecule has 0 unspecified atom stereocenters. The van der Waals surface area contributed by atoms with E-state index in [0.717, 1.165) is 0 Å². The lowest BCUT2D eigenvalue weighted by Gasteiger charge is -2.07. The molecule has 6 nitrogen and oxygen atoms in total. The fourth-order valence-electron chi connectivity index (χ4n) is 1.79. The molecule has 2 aromatic rings. The molecule has 1 heterocycles. The van der Waals surface area contributed by atoms with Gasteiger partial charge in [0.1, 0.15) is 11.3 Å². The van der Waals surface area contributed by atoms with Gasteiger partial charge in [0.25, 0.3) is 11.8 Å². The van der Waals surface area contributed by atoms with Crippen LogP contribution < -0.4 is 10.9 Å². The van der Waals surface area contributed by atoms with Gasteiger partial charge in [-0.1, -0.05) is 30.3 Å². The van der Waals surface area contributed by atoms with Crippen LogP contribution in [0.25, 0.3) is 0 Å². The number of nitrogens with one attached hydrogen (secondary N) is 2. The standard InChI is InChI=1S/C14H15N3O3/c1-3-11-12(9(2)20-17-11)14(19)16-15-13(18)10-7-5-4-6-8-10/h4-8H,3H2,1-2H3,(H,15,18)(H,16,19). The molecule has 0 atom stereocenters. The Hall–Kier alpha value is -2.63. The smallest absolute Gasteiger partial charge is 0.275 e. The van der Waals surface area contributed by atoms with Gasteiger partial charge in [-0.05, 0) is 25.5 Å². The first-order valence-electron chi connectivity index (χ1n) is 6.24. The average Bonchev–Trinajstić information content (AvgIpc) is 2.86. The van der Waals surface area contributed by atoms with Gasteiger partial charge in [0.15, 0.2) is 0 Å². The Morgan fingerprint density at radius 2 is 1.80 bits per heavy atom. The van der Waals surface area contributed by atoms with Gasteiger partial charge in [0.2, 0.25) is 0 Å². The zero-order valence-electron chi connectivity index (χ0n) is 11.3. The Morgan fingerprint density at radius 3 is 2.45 bits per heavy atom. The van der Waals surface area contributed by atoms with E-state index in [-0.39, 0.29) is 5.91 Å². The molecule has 2 rings (SSSR count). The fourth-order valence-corrected chi connectivity index (χ4v) is 1.79. The van der Waals surface area contributed by atoms with Gasteiger partial charge in [-0.3, -0.25) is 20.4 Å². The second-order valence-electron chi connectivity index (χ2n) is 4.19. The second-order valence-corrected chi connectivity index (χ2v) is 4.19. The van der Waals surface area contributed by atoms with E-state index in [0.29, 0.717) is 29.0 Å². The van der Waals surface area contributed by atoms with E-state index in [4.69, 9.17) is 4.52 Å². The molecule has 20 heavy (non-hydrogen) atoms. The molecule has 104 valence electrons. The van der Waals surface area contributed by atoms with Crippen LogP contribution in [0.1, 0.15) is 39.1 Å². The van der Waals surface area contributed by atoms with Crippen molar-refractivity contribution in [2.45, 2.75) is 20.3 Å². The highest BCUT2D eigenvalue weighted by Gasteiger charge is 2.19. The summed E-state index contributed by atoms with van der Waals surface area (Å²) in [6.07, 6.45) is 0.576. The summed E-state index contributed by atoms with van der Waals surface area (Å²) < 4.78 is 4.98.